The third kappa shape index (κ3) is 2.89. The van der Waals surface area contributed by atoms with Gasteiger partial charge < -0.3 is 9.84 Å². The van der Waals surface area contributed by atoms with Crippen molar-refractivity contribution in [1.82, 2.24) is 15.5 Å². The molecule has 0 atom stereocenters. The Balaban J connectivity index is 2.64. The molecule has 0 unspecified atom stereocenters. The summed E-state index contributed by atoms with van der Waals surface area (Å²) in [7, 11) is 1.73. The molecule has 1 aromatic heterocycles. The second kappa shape index (κ2) is 3.97. The predicted molar refractivity (Wildman–Crippen MR) is 41.7 cm³/mol. The molecule has 0 aromatic carbocycles. The van der Waals surface area contributed by atoms with Gasteiger partial charge >= 0.3 is 11.3 Å². The minimum absolute atomic E-state index is 0.213. The zero-order valence-electron chi connectivity index (χ0n) is 6.85. The van der Waals surface area contributed by atoms with Gasteiger partial charge in [0.2, 0.25) is 0 Å². The number of nitrogens with one attached hydrogen (secondary N) is 1. The fraction of sp³-hybridized carbons (Fsp3) is 0.667. The van der Waals surface area contributed by atoms with Crippen LogP contribution in [0.3, 0.4) is 0 Å². The molecule has 0 fully saturated rings. The second-order valence-electron chi connectivity index (χ2n) is 2.37. The van der Waals surface area contributed by atoms with Crippen molar-refractivity contribution in [3.05, 3.63) is 11.7 Å². The molecule has 0 radical (unpaired) electrons. The van der Waals surface area contributed by atoms with E-state index in [0.717, 1.165) is 0 Å². The summed E-state index contributed by atoms with van der Waals surface area (Å²) in [6, 6.07) is 0. The number of aromatic nitrogens is 2. The third-order valence-corrected chi connectivity index (χ3v) is 1.47. The van der Waals surface area contributed by atoms with E-state index in [1.54, 1.807) is 7.05 Å². The van der Waals surface area contributed by atoms with Crippen LogP contribution < -0.4 is 5.32 Å². The first-order chi connectivity index (χ1) is 6.04. The van der Waals surface area contributed by atoms with Crippen molar-refractivity contribution >= 4 is 11.6 Å². The Morgan fingerprint density at radius 2 is 2.31 bits per heavy atom. The quantitative estimate of drug-likeness (QED) is 0.759. The predicted octanol–water partition coefficient (Wildman–Crippen LogP) is 1.12. The number of nitrogens with zero attached hydrogens (tertiary/aromatic N) is 2. The summed E-state index contributed by atoms with van der Waals surface area (Å²) in [6.07, 6.45) is 0.424. The van der Waals surface area contributed by atoms with Crippen molar-refractivity contribution < 1.29 is 13.3 Å². The van der Waals surface area contributed by atoms with Gasteiger partial charge in [0.05, 0.1) is 0 Å². The summed E-state index contributed by atoms with van der Waals surface area (Å²) in [4.78, 5) is 3.42. The molecule has 0 saturated carbocycles. The van der Waals surface area contributed by atoms with Crippen LogP contribution in [0.2, 0.25) is 0 Å². The van der Waals surface area contributed by atoms with E-state index < -0.39 is 11.3 Å². The summed E-state index contributed by atoms with van der Waals surface area (Å²) >= 11 is 4.66. The fourth-order valence-corrected chi connectivity index (χ4v) is 0.784. The lowest BCUT2D eigenvalue weighted by Crippen LogP contribution is -2.11. The summed E-state index contributed by atoms with van der Waals surface area (Å²) in [5, 5.41) is 2.57. The standard InChI is InChI=1S/C6H8ClF2N3O/c1-10-3-2-4-11-5(13-12-4)6(7,8)9/h10H,2-3H2,1H3. The Morgan fingerprint density at radius 3 is 2.77 bits per heavy atom. The molecule has 0 aliphatic rings. The smallest absolute Gasteiger partial charge is 0.331 e. The van der Waals surface area contributed by atoms with Crippen molar-refractivity contribution in [2.24, 2.45) is 0 Å². The average Bonchev–Trinajstić information content (AvgIpc) is 2.47. The molecule has 0 bridgehead atoms. The molecule has 1 rings (SSSR count). The lowest BCUT2D eigenvalue weighted by Gasteiger charge is -1.97. The molecule has 1 aromatic rings. The first-order valence-corrected chi connectivity index (χ1v) is 3.96. The average molecular weight is 212 g/mol. The number of hydrogen-bond donors (Lipinski definition) is 1. The van der Waals surface area contributed by atoms with Gasteiger partial charge in [0.1, 0.15) is 0 Å². The molecule has 0 aliphatic heterocycles. The number of hydrogen-bond acceptors (Lipinski definition) is 4. The third-order valence-electron chi connectivity index (χ3n) is 1.31. The molecular weight excluding hydrogens is 204 g/mol. The Hall–Kier alpha value is -0.750. The van der Waals surface area contributed by atoms with Crippen LogP contribution in [-0.2, 0) is 11.8 Å². The van der Waals surface area contributed by atoms with Gasteiger partial charge in [0, 0.05) is 13.0 Å². The Labute approximate surface area is 78.3 Å². The molecule has 0 spiro atoms. The van der Waals surface area contributed by atoms with E-state index in [1.165, 1.54) is 0 Å². The van der Waals surface area contributed by atoms with Gasteiger partial charge in [-0.05, 0) is 18.6 Å². The zero-order valence-corrected chi connectivity index (χ0v) is 7.61. The van der Waals surface area contributed by atoms with Crippen LogP contribution in [0.4, 0.5) is 8.78 Å². The number of rotatable bonds is 4. The fourth-order valence-electron chi connectivity index (χ4n) is 0.707. The van der Waals surface area contributed by atoms with Crippen LogP contribution in [-0.4, -0.2) is 23.7 Å². The van der Waals surface area contributed by atoms with Gasteiger partial charge in [-0.2, -0.15) is 13.8 Å². The topological polar surface area (TPSA) is 51.0 Å². The second-order valence-corrected chi connectivity index (χ2v) is 2.84. The maximum absolute atomic E-state index is 12.3. The van der Waals surface area contributed by atoms with E-state index in [0.29, 0.717) is 13.0 Å². The maximum Gasteiger partial charge on any atom is 0.400 e. The summed E-state index contributed by atoms with van der Waals surface area (Å²) in [6.45, 7) is 0.590. The summed E-state index contributed by atoms with van der Waals surface area (Å²) in [5.74, 6) is -0.648. The molecule has 0 amide bonds. The van der Waals surface area contributed by atoms with Crippen LogP contribution in [0.1, 0.15) is 11.7 Å². The van der Waals surface area contributed by atoms with Gasteiger partial charge in [-0.1, -0.05) is 5.16 Å². The molecule has 4 nitrogen and oxygen atoms in total. The summed E-state index contributed by atoms with van der Waals surface area (Å²) in [5.41, 5.74) is 0. The SMILES string of the molecule is CNCCc1noc(C(F)(F)Cl)n1. The monoisotopic (exact) mass is 211 g/mol. The van der Waals surface area contributed by atoms with Gasteiger partial charge in [-0.25, -0.2) is 0 Å². The highest BCUT2D eigenvalue weighted by molar-refractivity contribution is 6.21. The van der Waals surface area contributed by atoms with Crippen LogP contribution in [0, 0.1) is 0 Å². The number of halogens is 3. The zero-order chi connectivity index (χ0) is 9.90. The highest BCUT2D eigenvalue weighted by Crippen LogP contribution is 2.30. The lowest BCUT2D eigenvalue weighted by molar-refractivity contribution is 0.0550. The Bertz CT molecular complexity index is 273. The van der Waals surface area contributed by atoms with Gasteiger partial charge in [-0.15, -0.1) is 0 Å². The van der Waals surface area contributed by atoms with Crippen LogP contribution in [0.15, 0.2) is 4.52 Å². The van der Waals surface area contributed by atoms with Gasteiger partial charge in [-0.3, -0.25) is 0 Å². The molecule has 7 heteroatoms. The largest absolute Gasteiger partial charge is 0.400 e. The van der Waals surface area contributed by atoms with Gasteiger partial charge in [0.25, 0.3) is 0 Å². The Morgan fingerprint density at radius 1 is 1.62 bits per heavy atom. The van der Waals surface area contributed by atoms with E-state index >= 15 is 0 Å². The molecule has 13 heavy (non-hydrogen) atoms. The van der Waals surface area contributed by atoms with Crippen molar-refractivity contribution in [1.29, 1.82) is 0 Å². The van der Waals surface area contributed by atoms with E-state index in [-0.39, 0.29) is 5.82 Å². The highest BCUT2D eigenvalue weighted by atomic mass is 35.5. The van der Waals surface area contributed by atoms with Crippen molar-refractivity contribution in [3.63, 3.8) is 0 Å². The molecule has 0 aliphatic carbocycles. The van der Waals surface area contributed by atoms with E-state index in [9.17, 15) is 8.78 Å². The first-order valence-electron chi connectivity index (χ1n) is 3.58. The summed E-state index contributed by atoms with van der Waals surface area (Å²) < 4.78 is 28.9. The molecule has 74 valence electrons. The number of likely N-dealkylation sites (N-methyl/N-ethyl adjacent to an activating group) is 1. The Kier molecular flexibility index (Phi) is 3.16. The molecular formula is C6H8ClF2N3O. The highest BCUT2D eigenvalue weighted by Gasteiger charge is 2.35. The minimum Gasteiger partial charge on any atom is -0.331 e. The van der Waals surface area contributed by atoms with Crippen LogP contribution in [0.25, 0.3) is 0 Å². The molecule has 1 heterocycles. The minimum atomic E-state index is -3.58. The molecule has 1 N–H and O–H groups in total. The molecule has 0 saturated heterocycles. The van der Waals surface area contributed by atoms with Crippen LogP contribution >= 0.6 is 11.6 Å². The van der Waals surface area contributed by atoms with Crippen molar-refractivity contribution in [2.75, 3.05) is 13.6 Å². The maximum atomic E-state index is 12.3. The normalized spacial score (nSPS) is 12.0. The van der Waals surface area contributed by atoms with Crippen molar-refractivity contribution in [2.45, 2.75) is 11.8 Å². The first kappa shape index (κ1) is 10.3. The number of alkyl halides is 3. The van der Waals surface area contributed by atoms with E-state index in [1.807, 2.05) is 0 Å². The van der Waals surface area contributed by atoms with Gasteiger partial charge in [0.15, 0.2) is 5.82 Å². The van der Waals surface area contributed by atoms with E-state index in [2.05, 4.69) is 31.6 Å². The van der Waals surface area contributed by atoms with Crippen LogP contribution in [0.5, 0.6) is 0 Å². The lowest BCUT2D eigenvalue weighted by atomic mass is 10.4. The van der Waals surface area contributed by atoms with Crippen molar-refractivity contribution in [3.8, 4) is 0 Å². The van der Waals surface area contributed by atoms with E-state index in [4.69, 9.17) is 0 Å².